The fourth-order valence-corrected chi connectivity index (χ4v) is 2.43. The van der Waals surface area contributed by atoms with Crippen molar-refractivity contribution in [3.63, 3.8) is 0 Å². The highest BCUT2D eigenvalue weighted by molar-refractivity contribution is 6.04. The minimum atomic E-state index is -0.393. The van der Waals surface area contributed by atoms with E-state index in [2.05, 4.69) is 10.3 Å². The zero-order valence-corrected chi connectivity index (χ0v) is 12.7. The Balaban J connectivity index is 1.65. The van der Waals surface area contributed by atoms with E-state index in [9.17, 15) is 19.5 Å². The smallest absolute Gasteiger partial charge is 0.257 e. The Labute approximate surface area is 137 Å². The molecule has 1 saturated heterocycles. The van der Waals surface area contributed by atoms with E-state index >= 15 is 0 Å². The van der Waals surface area contributed by atoms with Crippen molar-refractivity contribution >= 4 is 23.4 Å². The molecule has 0 atom stereocenters. The van der Waals surface area contributed by atoms with Gasteiger partial charge in [-0.05, 0) is 23.8 Å². The summed E-state index contributed by atoms with van der Waals surface area (Å²) in [7, 11) is 0. The predicted molar refractivity (Wildman–Crippen MR) is 85.1 cm³/mol. The molecule has 2 aromatic rings. The van der Waals surface area contributed by atoms with Crippen LogP contribution in [0.2, 0.25) is 0 Å². The van der Waals surface area contributed by atoms with Crippen molar-refractivity contribution in [2.24, 2.45) is 0 Å². The number of nitrogens with zero attached hydrogens (tertiary/aromatic N) is 2. The molecule has 2 N–H and O–H groups in total. The summed E-state index contributed by atoms with van der Waals surface area (Å²) in [4.78, 5) is 40.3. The molecule has 0 bridgehead atoms. The van der Waals surface area contributed by atoms with E-state index in [0.717, 1.165) is 5.56 Å². The summed E-state index contributed by atoms with van der Waals surface area (Å²) in [5.41, 5.74) is 1.61. The van der Waals surface area contributed by atoms with E-state index in [1.807, 2.05) is 0 Å². The standard InChI is InChI=1S/C17H15N3O4/c21-14-7-12(8-18-9-14)17(24)19-13-3-1-11(2-4-13)10-20-15(22)5-6-16(20)23/h1-4,7-9,21H,5-6,10H2,(H,19,24). The molecule has 0 unspecified atom stereocenters. The number of carbonyl (C=O) groups is 3. The zero-order valence-electron chi connectivity index (χ0n) is 12.7. The first-order chi connectivity index (χ1) is 11.5. The number of benzene rings is 1. The number of anilines is 1. The summed E-state index contributed by atoms with van der Waals surface area (Å²) in [6.07, 6.45) is 3.14. The van der Waals surface area contributed by atoms with Gasteiger partial charge in [-0.25, -0.2) is 0 Å². The summed E-state index contributed by atoms with van der Waals surface area (Å²) in [5.74, 6) is -0.795. The number of carbonyl (C=O) groups excluding carboxylic acids is 3. The third-order valence-corrected chi connectivity index (χ3v) is 3.69. The molecule has 2 heterocycles. The highest BCUT2D eigenvalue weighted by Gasteiger charge is 2.28. The zero-order chi connectivity index (χ0) is 17.1. The molecule has 0 radical (unpaired) electrons. The molecule has 0 aliphatic carbocycles. The van der Waals surface area contributed by atoms with Gasteiger partial charge in [0.25, 0.3) is 5.91 Å². The molecule has 0 saturated carbocycles. The Kier molecular flexibility index (Phi) is 4.24. The largest absolute Gasteiger partial charge is 0.506 e. The van der Waals surface area contributed by atoms with Crippen LogP contribution in [-0.2, 0) is 16.1 Å². The summed E-state index contributed by atoms with van der Waals surface area (Å²) in [5, 5.41) is 12.0. The van der Waals surface area contributed by atoms with Crippen LogP contribution >= 0.6 is 0 Å². The van der Waals surface area contributed by atoms with Gasteiger partial charge >= 0.3 is 0 Å². The average molecular weight is 325 g/mol. The molecular formula is C17H15N3O4. The lowest BCUT2D eigenvalue weighted by atomic mass is 10.2. The summed E-state index contributed by atoms with van der Waals surface area (Å²) < 4.78 is 0. The van der Waals surface area contributed by atoms with Gasteiger partial charge in [-0.3, -0.25) is 24.3 Å². The number of hydrogen-bond donors (Lipinski definition) is 2. The molecule has 3 rings (SSSR count). The number of nitrogens with one attached hydrogen (secondary N) is 1. The lowest BCUT2D eigenvalue weighted by molar-refractivity contribution is -0.139. The first-order valence-corrected chi connectivity index (χ1v) is 7.40. The van der Waals surface area contributed by atoms with Gasteiger partial charge in [0.05, 0.1) is 18.3 Å². The maximum atomic E-state index is 12.1. The van der Waals surface area contributed by atoms with Crippen LogP contribution in [0.25, 0.3) is 0 Å². The second-order valence-electron chi connectivity index (χ2n) is 5.46. The van der Waals surface area contributed by atoms with Gasteiger partial charge in [-0.2, -0.15) is 0 Å². The lowest BCUT2D eigenvalue weighted by Crippen LogP contribution is -2.28. The van der Waals surface area contributed by atoms with E-state index in [1.54, 1.807) is 24.3 Å². The van der Waals surface area contributed by atoms with Crippen molar-refractivity contribution in [3.05, 3.63) is 53.9 Å². The molecule has 1 fully saturated rings. The Morgan fingerprint density at radius 2 is 1.79 bits per heavy atom. The first-order valence-electron chi connectivity index (χ1n) is 7.40. The van der Waals surface area contributed by atoms with Gasteiger partial charge in [-0.1, -0.05) is 12.1 Å². The van der Waals surface area contributed by atoms with Gasteiger partial charge in [0, 0.05) is 24.7 Å². The van der Waals surface area contributed by atoms with Gasteiger partial charge < -0.3 is 10.4 Å². The van der Waals surface area contributed by atoms with E-state index in [-0.39, 0.29) is 42.5 Å². The van der Waals surface area contributed by atoms with Crippen molar-refractivity contribution in [1.29, 1.82) is 0 Å². The quantitative estimate of drug-likeness (QED) is 0.833. The van der Waals surface area contributed by atoms with E-state index < -0.39 is 5.91 Å². The average Bonchev–Trinajstić information content (AvgIpc) is 2.88. The predicted octanol–water partition coefficient (Wildman–Crippen LogP) is 1.69. The number of rotatable bonds is 4. The van der Waals surface area contributed by atoms with Gasteiger partial charge in [0.15, 0.2) is 0 Å². The first kappa shape index (κ1) is 15.7. The van der Waals surface area contributed by atoms with Crippen LogP contribution in [0.5, 0.6) is 5.75 Å². The monoisotopic (exact) mass is 325 g/mol. The molecule has 0 spiro atoms. The molecule has 1 aliphatic heterocycles. The maximum Gasteiger partial charge on any atom is 0.257 e. The molecule has 1 aromatic carbocycles. The van der Waals surface area contributed by atoms with Crippen LogP contribution in [0.1, 0.15) is 28.8 Å². The Hall–Kier alpha value is -3.22. The topological polar surface area (TPSA) is 99.6 Å². The molecule has 1 aliphatic rings. The van der Waals surface area contributed by atoms with Crippen LogP contribution in [-0.4, -0.2) is 32.7 Å². The highest BCUT2D eigenvalue weighted by atomic mass is 16.3. The molecule has 122 valence electrons. The third-order valence-electron chi connectivity index (χ3n) is 3.69. The van der Waals surface area contributed by atoms with E-state index in [1.165, 1.54) is 23.4 Å². The van der Waals surface area contributed by atoms with Crippen LogP contribution in [0.15, 0.2) is 42.7 Å². The summed E-state index contributed by atoms with van der Waals surface area (Å²) in [6, 6.07) is 8.19. The molecule has 7 nitrogen and oxygen atoms in total. The van der Waals surface area contributed by atoms with E-state index in [4.69, 9.17) is 0 Å². The number of pyridine rings is 1. The number of hydrogen-bond acceptors (Lipinski definition) is 5. The second kappa shape index (κ2) is 6.49. The number of aromatic nitrogens is 1. The van der Waals surface area contributed by atoms with E-state index in [0.29, 0.717) is 5.69 Å². The summed E-state index contributed by atoms with van der Waals surface area (Å²) >= 11 is 0. The van der Waals surface area contributed by atoms with Gasteiger partial charge in [0.2, 0.25) is 11.8 Å². The van der Waals surface area contributed by atoms with Crippen molar-refractivity contribution in [2.75, 3.05) is 5.32 Å². The third kappa shape index (κ3) is 3.40. The van der Waals surface area contributed by atoms with Gasteiger partial charge in [-0.15, -0.1) is 0 Å². The number of imide groups is 1. The molecular weight excluding hydrogens is 310 g/mol. The lowest BCUT2D eigenvalue weighted by Gasteiger charge is -2.14. The SMILES string of the molecule is O=C(Nc1ccc(CN2C(=O)CCC2=O)cc1)c1cncc(O)c1. The Morgan fingerprint density at radius 3 is 2.42 bits per heavy atom. The Morgan fingerprint density at radius 1 is 1.12 bits per heavy atom. The molecule has 24 heavy (non-hydrogen) atoms. The molecule has 7 heteroatoms. The number of likely N-dealkylation sites (tertiary alicyclic amines) is 1. The fourth-order valence-electron chi connectivity index (χ4n) is 2.43. The van der Waals surface area contributed by atoms with Crippen molar-refractivity contribution in [3.8, 4) is 5.75 Å². The molecule has 1 aromatic heterocycles. The van der Waals surface area contributed by atoms with Crippen molar-refractivity contribution in [2.45, 2.75) is 19.4 Å². The van der Waals surface area contributed by atoms with Crippen LogP contribution < -0.4 is 5.32 Å². The van der Waals surface area contributed by atoms with Crippen LogP contribution in [0, 0.1) is 0 Å². The Bertz CT molecular complexity index is 786. The minimum Gasteiger partial charge on any atom is -0.506 e. The van der Waals surface area contributed by atoms with Crippen LogP contribution in [0.3, 0.4) is 0 Å². The normalized spacial score (nSPS) is 14.1. The second-order valence-corrected chi connectivity index (χ2v) is 5.46. The highest BCUT2D eigenvalue weighted by Crippen LogP contribution is 2.18. The van der Waals surface area contributed by atoms with Crippen molar-refractivity contribution < 1.29 is 19.5 Å². The van der Waals surface area contributed by atoms with Gasteiger partial charge in [0.1, 0.15) is 5.75 Å². The molecule has 3 amide bonds. The van der Waals surface area contributed by atoms with Crippen molar-refractivity contribution in [1.82, 2.24) is 9.88 Å². The number of aromatic hydroxyl groups is 1. The van der Waals surface area contributed by atoms with Crippen LogP contribution in [0.4, 0.5) is 5.69 Å². The minimum absolute atomic E-state index is 0.0852. The summed E-state index contributed by atoms with van der Waals surface area (Å²) in [6.45, 7) is 0.238. The maximum absolute atomic E-state index is 12.1. The fraction of sp³-hybridized carbons (Fsp3) is 0.176. The number of amides is 3.